The van der Waals surface area contributed by atoms with E-state index < -0.39 is 0 Å². The molecule has 4 rings (SSSR count). The van der Waals surface area contributed by atoms with Crippen molar-refractivity contribution >= 4 is 27.8 Å². The van der Waals surface area contributed by atoms with Crippen molar-refractivity contribution in [1.29, 1.82) is 0 Å². The monoisotopic (exact) mass is 318 g/mol. The molecule has 0 radical (unpaired) electrons. The first-order valence-electron chi connectivity index (χ1n) is 7.71. The third-order valence-electron chi connectivity index (χ3n) is 5.01. The number of nitrogens with zero attached hydrogens (tertiary/aromatic N) is 2. The highest BCUT2D eigenvalue weighted by Gasteiger charge is 2.43. The summed E-state index contributed by atoms with van der Waals surface area (Å²) < 4.78 is 3.18. The molecular weight excluding hydrogens is 300 g/mol. The molecule has 2 saturated carbocycles. The first-order valence-corrected chi connectivity index (χ1v) is 8.52. The molecule has 22 heavy (non-hydrogen) atoms. The lowest BCUT2D eigenvalue weighted by atomic mass is 10.2. The van der Waals surface area contributed by atoms with E-state index in [1.54, 1.807) is 11.5 Å². The maximum absolute atomic E-state index is 12.9. The van der Waals surface area contributed by atoms with Gasteiger partial charge >= 0.3 is 5.69 Å². The summed E-state index contributed by atoms with van der Waals surface area (Å²) in [4.78, 5) is 38.3. The Morgan fingerprint density at radius 3 is 2.55 bits per heavy atom. The van der Waals surface area contributed by atoms with Crippen molar-refractivity contribution in [3.63, 3.8) is 0 Å². The molecule has 0 aromatic carbocycles. The normalized spacial score (nSPS) is 19.5. The summed E-state index contributed by atoms with van der Waals surface area (Å²) in [6, 6.07) is 0. The van der Waals surface area contributed by atoms with Crippen molar-refractivity contribution in [3.05, 3.63) is 31.3 Å². The molecule has 0 saturated heterocycles. The lowest BCUT2D eigenvalue weighted by Gasteiger charge is -2.16. The number of thiophene rings is 1. The Morgan fingerprint density at radius 2 is 2.00 bits per heavy atom. The molecule has 116 valence electrons. The zero-order valence-corrected chi connectivity index (χ0v) is 13.5. The van der Waals surface area contributed by atoms with Crippen LogP contribution in [0.3, 0.4) is 0 Å². The second-order valence-corrected chi connectivity index (χ2v) is 7.89. The van der Waals surface area contributed by atoms with Gasteiger partial charge in [-0.05, 0) is 51.0 Å². The van der Waals surface area contributed by atoms with Crippen LogP contribution >= 0.6 is 11.3 Å². The lowest BCUT2D eigenvalue weighted by Crippen LogP contribution is -2.44. The molecular formula is C16H18N2O3S. The van der Waals surface area contributed by atoms with E-state index in [0.29, 0.717) is 33.1 Å². The lowest BCUT2D eigenvalue weighted by molar-refractivity contribution is 0.112. The molecule has 0 bridgehead atoms. The van der Waals surface area contributed by atoms with Crippen LogP contribution in [-0.2, 0) is 12.1 Å². The maximum Gasteiger partial charge on any atom is 0.332 e. The Balaban J connectivity index is 2.12. The van der Waals surface area contributed by atoms with Crippen LogP contribution in [0.2, 0.25) is 0 Å². The van der Waals surface area contributed by atoms with Crippen molar-refractivity contribution in [2.45, 2.75) is 51.6 Å². The maximum atomic E-state index is 12.9. The molecule has 0 unspecified atom stereocenters. The van der Waals surface area contributed by atoms with Crippen LogP contribution in [0.25, 0.3) is 10.2 Å². The molecule has 0 aliphatic heterocycles. The minimum absolute atomic E-state index is 0.205. The van der Waals surface area contributed by atoms with Crippen LogP contribution in [0.1, 0.15) is 47.8 Å². The molecule has 2 aliphatic carbocycles. The molecule has 2 heterocycles. The van der Waals surface area contributed by atoms with Crippen molar-refractivity contribution in [2.75, 3.05) is 0 Å². The van der Waals surface area contributed by atoms with E-state index in [-0.39, 0.29) is 16.8 Å². The van der Waals surface area contributed by atoms with E-state index in [1.807, 2.05) is 6.92 Å². The Bertz CT molecular complexity index is 910. The van der Waals surface area contributed by atoms with Crippen molar-refractivity contribution in [3.8, 4) is 0 Å². The fourth-order valence-electron chi connectivity index (χ4n) is 3.08. The molecule has 2 aromatic rings. The molecule has 6 heteroatoms. The molecule has 0 spiro atoms. The minimum Gasteiger partial charge on any atom is -0.297 e. The van der Waals surface area contributed by atoms with E-state index in [4.69, 9.17) is 0 Å². The van der Waals surface area contributed by atoms with Gasteiger partial charge in [0.2, 0.25) is 0 Å². The first kappa shape index (κ1) is 13.9. The van der Waals surface area contributed by atoms with E-state index in [1.165, 1.54) is 15.9 Å². The smallest absolute Gasteiger partial charge is 0.297 e. The summed E-state index contributed by atoms with van der Waals surface area (Å²) in [6.45, 7) is 4.42. The summed E-state index contributed by atoms with van der Waals surface area (Å²) in [7, 11) is 0. The van der Waals surface area contributed by atoms with Gasteiger partial charge in [0.1, 0.15) is 4.83 Å². The van der Waals surface area contributed by atoms with Gasteiger partial charge in [-0.25, -0.2) is 4.79 Å². The quantitative estimate of drug-likeness (QED) is 0.813. The molecule has 0 atom stereocenters. The Labute approximate surface area is 131 Å². The third-order valence-corrected chi connectivity index (χ3v) is 6.25. The van der Waals surface area contributed by atoms with Gasteiger partial charge in [0.25, 0.3) is 5.56 Å². The number of aromatic nitrogens is 2. The van der Waals surface area contributed by atoms with Crippen LogP contribution in [0.15, 0.2) is 9.59 Å². The molecule has 2 aliphatic rings. The number of fused-ring (bicyclic) bond motifs is 1. The summed E-state index contributed by atoms with van der Waals surface area (Å²) in [5, 5.41) is 0.556. The fourth-order valence-corrected chi connectivity index (χ4v) is 4.19. The highest BCUT2D eigenvalue weighted by Crippen LogP contribution is 2.41. The van der Waals surface area contributed by atoms with Crippen molar-refractivity contribution in [2.24, 2.45) is 5.92 Å². The first-order chi connectivity index (χ1) is 10.5. The SMILES string of the molecule is Cc1c(C=O)sc2c1c(=O)n(C1(C)CC1)c(=O)n2CC1CC1. The number of aldehydes is 1. The second-order valence-electron chi connectivity index (χ2n) is 6.86. The van der Waals surface area contributed by atoms with E-state index in [0.717, 1.165) is 32.0 Å². The number of carbonyl (C=O) groups is 1. The van der Waals surface area contributed by atoms with Crippen LogP contribution in [0.5, 0.6) is 0 Å². The topological polar surface area (TPSA) is 61.1 Å². The van der Waals surface area contributed by atoms with E-state index in [9.17, 15) is 14.4 Å². The fraction of sp³-hybridized carbons (Fsp3) is 0.562. The van der Waals surface area contributed by atoms with Gasteiger partial charge in [0.15, 0.2) is 6.29 Å². The summed E-state index contributed by atoms with van der Waals surface area (Å²) in [6.07, 6.45) is 4.78. The van der Waals surface area contributed by atoms with Crippen molar-refractivity contribution in [1.82, 2.24) is 9.13 Å². The van der Waals surface area contributed by atoms with Crippen LogP contribution in [0.4, 0.5) is 0 Å². The predicted molar refractivity (Wildman–Crippen MR) is 86.1 cm³/mol. The third kappa shape index (κ3) is 1.86. The predicted octanol–water partition coefficient (Wildman–Crippen LogP) is 2.26. The number of hydrogen-bond acceptors (Lipinski definition) is 4. The van der Waals surface area contributed by atoms with Crippen LogP contribution in [-0.4, -0.2) is 15.4 Å². The Hall–Kier alpha value is -1.69. The standard InChI is InChI=1S/C16H18N2O3S/c1-9-11(8-19)22-14-12(9)13(20)18(16(2)5-6-16)15(21)17(14)7-10-3-4-10/h8,10H,3-7H2,1-2H3. The van der Waals surface area contributed by atoms with Gasteiger partial charge in [0, 0.05) is 6.54 Å². The summed E-state index contributed by atoms with van der Waals surface area (Å²) >= 11 is 1.27. The summed E-state index contributed by atoms with van der Waals surface area (Å²) in [5.74, 6) is 0.529. The average molecular weight is 318 g/mol. The Kier molecular flexibility index (Phi) is 2.79. The number of hydrogen-bond donors (Lipinski definition) is 0. The molecule has 2 fully saturated rings. The van der Waals surface area contributed by atoms with Crippen molar-refractivity contribution < 1.29 is 4.79 Å². The van der Waals surface area contributed by atoms with Gasteiger partial charge in [-0.1, -0.05) is 0 Å². The zero-order valence-electron chi connectivity index (χ0n) is 12.7. The molecule has 0 amide bonds. The Morgan fingerprint density at radius 1 is 1.32 bits per heavy atom. The van der Waals surface area contributed by atoms with Crippen LogP contribution in [0, 0.1) is 12.8 Å². The minimum atomic E-state index is -0.344. The van der Waals surface area contributed by atoms with E-state index >= 15 is 0 Å². The highest BCUT2D eigenvalue weighted by atomic mass is 32.1. The number of aryl methyl sites for hydroxylation is 1. The molecule has 5 nitrogen and oxygen atoms in total. The van der Waals surface area contributed by atoms with Gasteiger partial charge in [0.05, 0.1) is 15.8 Å². The van der Waals surface area contributed by atoms with Crippen LogP contribution < -0.4 is 11.2 Å². The highest BCUT2D eigenvalue weighted by molar-refractivity contribution is 7.20. The second kappa shape index (κ2) is 4.41. The van der Waals surface area contributed by atoms with Gasteiger partial charge < -0.3 is 0 Å². The van der Waals surface area contributed by atoms with Gasteiger partial charge in [-0.3, -0.25) is 18.7 Å². The average Bonchev–Trinajstić information content (AvgIpc) is 3.38. The van der Waals surface area contributed by atoms with E-state index in [2.05, 4.69) is 0 Å². The molecule has 0 N–H and O–H groups in total. The number of carbonyl (C=O) groups excluding carboxylic acids is 1. The summed E-state index contributed by atoms with van der Waals surface area (Å²) in [5.41, 5.74) is -0.0665. The van der Waals surface area contributed by atoms with Gasteiger partial charge in [-0.2, -0.15) is 0 Å². The largest absolute Gasteiger partial charge is 0.332 e. The van der Waals surface area contributed by atoms with Gasteiger partial charge in [-0.15, -0.1) is 11.3 Å². The zero-order chi connectivity index (χ0) is 15.6. The number of rotatable bonds is 4. The molecule has 2 aromatic heterocycles.